The van der Waals surface area contributed by atoms with Crippen molar-refractivity contribution in [1.29, 1.82) is 0 Å². The van der Waals surface area contributed by atoms with Gasteiger partial charge in [-0.25, -0.2) is 0 Å². The Labute approximate surface area is 255 Å². The molecular weight excluding hydrogens is 526 g/mol. The zero-order chi connectivity index (χ0) is 30.0. The maximum absolute atomic E-state index is 12.3. The molecule has 3 radical (unpaired) electrons. The average molecular weight is 585 g/mol. The van der Waals surface area contributed by atoms with Crippen LogP contribution in [0.1, 0.15) is 107 Å². The molecule has 11 atom stereocenters. The van der Waals surface area contributed by atoms with E-state index in [2.05, 4.69) is 46.4 Å². The highest BCUT2D eigenvalue weighted by molar-refractivity contribution is 5.44. The van der Waals surface area contributed by atoms with E-state index in [1.165, 1.54) is 25.7 Å². The summed E-state index contributed by atoms with van der Waals surface area (Å²) in [5, 5.41) is 23.3. The Kier molecular flexibility index (Phi) is 7.15. The van der Waals surface area contributed by atoms with Crippen molar-refractivity contribution in [1.82, 2.24) is 4.90 Å². The van der Waals surface area contributed by atoms with Gasteiger partial charge in [-0.2, -0.15) is 0 Å². The summed E-state index contributed by atoms with van der Waals surface area (Å²) in [7, 11) is 0. The number of ether oxygens (including phenoxy) is 3. The lowest BCUT2D eigenvalue weighted by Gasteiger charge is -2.63. The molecule has 2 N–H and O–H groups in total. The summed E-state index contributed by atoms with van der Waals surface area (Å²) in [6.45, 7) is 22.2. The lowest BCUT2D eigenvalue weighted by atomic mass is 9.41. The van der Waals surface area contributed by atoms with Crippen LogP contribution < -0.4 is 0 Å². The van der Waals surface area contributed by atoms with Gasteiger partial charge >= 0.3 is 0 Å². The molecule has 0 aromatic carbocycles. The van der Waals surface area contributed by atoms with Crippen LogP contribution in [-0.2, 0) is 14.2 Å². The van der Waals surface area contributed by atoms with E-state index in [1.54, 1.807) is 5.92 Å². The highest BCUT2D eigenvalue weighted by atomic mass is 16.7. The standard InChI is InChI=1S/C36H58NO5/c1-9-37-16-17-40-27(19-37)42-26-12-13-35-20-36(35)15-14-33(7)28-22(4)18-23(29(38)21(2)3)41-30(28)31(39)34(33,8)25(36)11-10-24(35)32(26,5)6/h21-22,24,26-29,31,38-39H,9-20H2,1-8H3/t22-,24+,26?,27?,28+,29-,31+,33-,34-,35-,36+/m1/s1. The minimum Gasteiger partial charge on any atom is -0.390 e. The van der Waals surface area contributed by atoms with Crippen molar-refractivity contribution < 1.29 is 24.4 Å². The van der Waals surface area contributed by atoms with Crippen molar-refractivity contribution in [3.05, 3.63) is 18.1 Å². The molecule has 0 amide bonds. The minimum absolute atomic E-state index is 0.0218. The van der Waals surface area contributed by atoms with Crippen molar-refractivity contribution in [3.63, 3.8) is 0 Å². The van der Waals surface area contributed by atoms with E-state index in [0.717, 1.165) is 64.1 Å². The minimum atomic E-state index is -0.608. The number of fused-ring (bicyclic) bond motifs is 4. The Balaban J connectivity index is 1.14. The highest BCUT2D eigenvalue weighted by Gasteiger charge is 2.85. The van der Waals surface area contributed by atoms with Gasteiger partial charge in [-0.05, 0) is 103 Å². The van der Waals surface area contributed by atoms with Crippen LogP contribution in [0.25, 0.3) is 0 Å². The van der Waals surface area contributed by atoms with Crippen molar-refractivity contribution in [2.45, 2.75) is 131 Å². The number of hydrogen-bond donors (Lipinski definition) is 2. The third-order valence-corrected chi connectivity index (χ3v) is 14.8. The van der Waals surface area contributed by atoms with Crippen LogP contribution in [0, 0.1) is 68.9 Å². The van der Waals surface area contributed by atoms with Crippen LogP contribution >= 0.6 is 0 Å². The van der Waals surface area contributed by atoms with Crippen molar-refractivity contribution in [3.8, 4) is 0 Å². The average Bonchev–Trinajstić information content (AvgIpc) is 3.59. The number of nitrogens with zero attached hydrogens (tertiary/aromatic N) is 1. The molecule has 6 heteroatoms. The SMILES string of the molecule is CCN1CCOC(OC2CC[C@]34C[C@]35CC[C@]3(C)[C@@H]6[C](O[C]([C@H](O)C(C)C)C[C@H]6C)[C@H](O)[C@@]3(C)[C]5CC[C@H]4C2(C)C)C1. The van der Waals surface area contributed by atoms with Gasteiger partial charge in [0, 0.05) is 24.4 Å². The first-order valence-corrected chi connectivity index (χ1v) is 17.4. The molecule has 7 fully saturated rings. The molecule has 0 bridgehead atoms. The lowest BCUT2D eigenvalue weighted by molar-refractivity contribution is -0.243. The summed E-state index contributed by atoms with van der Waals surface area (Å²) < 4.78 is 19.5. The maximum atomic E-state index is 12.3. The lowest BCUT2D eigenvalue weighted by Crippen LogP contribution is -2.59. The fourth-order valence-corrected chi connectivity index (χ4v) is 12.5. The zero-order valence-electron chi connectivity index (χ0n) is 27.7. The van der Waals surface area contributed by atoms with Crippen molar-refractivity contribution in [2.75, 3.05) is 26.2 Å². The molecule has 0 aromatic rings. The third-order valence-electron chi connectivity index (χ3n) is 14.8. The molecule has 7 aliphatic rings. The molecule has 2 aliphatic heterocycles. The van der Waals surface area contributed by atoms with Gasteiger partial charge in [0.05, 0.1) is 24.9 Å². The Hall–Kier alpha value is -0.240. The monoisotopic (exact) mass is 584 g/mol. The first-order chi connectivity index (χ1) is 19.8. The molecule has 0 aromatic heterocycles. The van der Waals surface area contributed by atoms with E-state index < -0.39 is 12.2 Å². The fourth-order valence-electron chi connectivity index (χ4n) is 12.5. The second-order valence-corrected chi connectivity index (χ2v) is 17.0. The maximum Gasteiger partial charge on any atom is 0.170 e. The molecule has 2 unspecified atom stereocenters. The van der Waals surface area contributed by atoms with Gasteiger partial charge < -0.3 is 24.4 Å². The second-order valence-electron chi connectivity index (χ2n) is 17.0. The molecule has 6 nitrogen and oxygen atoms in total. The summed E-state index contributed by atoms with van der Waals surface area (Å²) in [6.07, 6.45) is 9.65. The summed E-state index contributed by atoms with van der Waals surface area (Å²) in [5.74, 6) is 3.00. The molecule has 2 spiro atoms. The fraction of sp³-hybridized carbons (Fsp3) is 0.917. The summed E-state index contributed by atoms with van der Waals surface area (Å²) >= 11 is 0. The van der Waals surface area contributed by atoms with Gasteiger partial charge in [0.2, 0.25) is 0 Å². The van der Waals surface area contributed by atoms with Gasteiger partial charge in [0.15, 0.2) is 6.29 Å². The van der Waals surface area contributed by atoms with E-state index in [4.69, 9.17) is 14.2 Å². The first kappa shape index (κ1) is 30.4. The number of aliphatic hydroxyl groups is 2. The van der Waals surface area contributed by atoms with E-state index in [1.807, 2.05) is 13.8 Å². The molecule has 237 valence electrons. The van der Waals surface area contributed by atoms with Crippen molar-refractivity contribution in [2.24, 2.45) is 50.7 Å². The largest absolute Gasteiger partial charge is 0.390 e. The Bertz CT molecular complexity index is 1050. The molecule has 2 heterocycles. The van der Waals surface area contributed by atoms with Crippen LogP contribution in [0.5, 0.6) is 0 Å². The van der Waals surface area contributed by atoms with E-state index >= 15 is 0 Å². The van der Waals surface area contributed by atoms with Crippen LogP contribution in [-0.4, -0.2) is 66.0 Å². The van der Waals surface area contributed by atoms with Gasteiger partial charge in [-0.3, -0.25) is 4.90 Å². The first-order valence-electron chi connectivity index (χ1n) is 17.4. The number of likely N-dealkylation sites (N-methyl/N-ethyl adjacent to an activating group) is 1. The summed E-state index contributed by atoms with van der Waals surface area (Å²) in [6, 6.07) is 0. The number of hydrogen-bond acceptors (Lipinski definition) is 6. The van der Waals surface area contributed by atoms with Crippen LogP contribution in [0.3, 0.4) is 0 Å². The van der Waals surface area contributed by atoms with Gasteiger partial charge in [0.25, 0.3) is 0 Å². The number of morpholine rings is 1. The molecule has 7 rings (SSSR count). The molecule has 42 heavy (non-hydrogen) atoms. The van der Waals surface area contributed by atoms with Crippen LogP contribution in [0.15, 0.2) is 0 Å². The van der Waals surface area contributed by atoms with Crippen LogP contribution in [0.4, 0.5) is 0 Å². The Morgan fingerprint density at radius 1 is 1.10 bits per heavy atom. The third kappa shape index (κ3) is 3.78. The number of rotatable bonds is 5. The molecular formula is C36H58NO5. The predicted molar refractivity (Wildman–Crippen MR) is 162 cm³/mol. The zero-order valence-corrected chi connectivity index (χ0v) is 27.7. The summed E-state index contributed by atoms with van der Waals surface area (Å²) in [5.41, 5.74) is 0.370. The second kappa shape index (κ2) is 9.88. The quantitative estimate of drug-likeness (QED) is 0.403. The van der Waals surface area contributed by atoms with Gasteiger partial charge in [0.1, 0.15) is 12.2 Å². The smallest absolute Gasteiger partial charge is 0.170 e. The molecule has 5 aliphatic carbocycles. The topological polar surface area (TPSA) is 71.4 Å². The Morgan fingerprint density at radius 3 is 2.57 bits per heavy atom. The number of aliphatic hydroxyl groups excluding tert-OH is 2. The molecule has 5 saturated carbocycles. The van der Waals surface area contributed by atoms with Gasteiger partial charge in [-0.1, -0.05) is 55.4 Å². The van der Waals surface area contributed by atoms with Crippen molar-refractivity contribution >= 4 is 0 Å². The molecule has 2 saturated heterocycles. The van der Waals surface area contributed by atoms with E-state index in [0.29, 0.717) is 17.3 Å². The normalized spacial score (nSPS) is 51.8. The van der Waals surface area contributed by atoms with E-state index in [-0.39, 0.29) is 45.9 Å². The highest BCUT2D eigenvalue weighted by Crippen LogP contribution is 2.90. The van der Waals surface area contributed by atoms with E-state index in [9.17, 15) is 10.2 Å². The summed E-state index contributed by atoms with van der Waals surface area (Å²) in [4.78, 5) is 2.44. The predicted octanol–water partition coefficient (Wildman–Crippen LogP) is 6.17. The van der Waals surface area contributed by atoms with Crippen LogP contribution in [0.2, 0.25) is 0 Å². The Morgan fingerprint density at radius 2 is 1.86 bits per heavy atom. The van der Waals surface area contributed by atoms with Gasteiger partial charge in [-0.15, -0.1) is 0 Å².